The van der Waals surface area contributed by atoms with E-state index < -0.39 is 5.60 Å². The number of nitrogens with one attached hydrogen (secondary N) is 1. The van der Waals surface area contributed by atoms with Crippen molar-refractivity contribution in [3.63, 3.8) is 0 Å². The number of benzene rings is 2. The van der Waals surface area contributed by atoms with Crippen molar-refractivity contribution in [2.24, 2.45) is 5.92 Å². The van der Waals surface area contributed by atoms with E-state index in [1.54, 1.807) is 19.2 Å². The summed E-state index contributed by atoms with van der Waals surface area (Å²) < 4.78 is 22.9. The highest BCUT2D eigenvalue weighted by Crippen LogP contribution is 2.51. The summed E-state index contributed by atoms with van der Waals surface area (Å²) in [5.41, 5.74) is 2.06. The van der Waals surface area contributed by atoms with Crippen LogP contribution in [0.3, 0.4) is 0 Å². The second-order valence-corrected chi connectivity index (χ2v) is 8.28. The predicted octanol–water partition coefficient (Wildman–Crippen LogP) is 3.72. The summed E-state index contributed by atoms with van der Waals surface area (Å²) in [6.45, 7) is 4.75. The summed E-state index contributed by atoms with van der Waals surface area (Å²) in [7, 11) is 3.08. The number of esters is 1. The lowest BCUT2D eigenvalue weighted by Crippen LogP contribution is -2.32. The highest BCUT2D eigenvalue weighted by atomic mass is 16.6. The fourth-order valence-electron chi connectivity index (χ4n) is 3.75. The van der Waals surface area contributed by atoms with Gasteiger partial charge in [0.05, 0.1) is 20.8 Å². The normalized spacial score (nSPS) is 15.8. The number of carbonyl (C=O) groups excluding carboxylic acids is 2. The molecule has 0 bridgehead atoms. The molecular weight excluding hydrogens is 398 g/mol. The largest absolute Gasteiger partial charge is 0.493 e. The van der Waals surface area contributed by atoms with Crippen molar-refractivity contribution in [1.29, 1.82) is 0 Å². The Labute approximate surface area is 181 Å². The van der Waals surface area contributed by atoms with Gasteiger partial charge in [-0.25, -0.2) is 4.79 Å². The number of hydrogen-bond acceptors (Lipinski definition) is 6. The predicted molar refractivity (Wildman–Crippen MR) is 115 cm³/mol. The summed E-state index contributed by atoms with van der Waals surface area (Å²) in [6, 6.07) is 9.23. The number of ether oxygens (including phenoxy) is 4. The van der Waals surface area contributed by atoms with Gasteiger partial charge in [0.25, 0.3) is 5.91 Å². The molecule has 0 unspecified atom stereocenters. The monoisotopic (exact) mass is 425 g/mol. The molecular formula is C24H27NO6. The van der Waals surface area contributed by atoms with Gasteiger partial charge in [-0.05, 0) is 35.2 Å². The third-order valence-corrected chi connectivity index (χ3v) is 5.56. The van der Waals surface area contributed by atoms with Crippen LogP contribution in [0.4, 0.5) is 0 Å². The first-order valence-corrected chi connectivity index (χ1v) is 10.4. The van der Waals surface area contributed by atoms with Crippen molar-refractivity contribution in [1.82, 2.24) is 5.32 Å². The molecule has 1 saturated carbocycles. The third kappa shape index (κ3) is 3.80. The Hall–Kier alpha value is -3.22. The van der Waals surface area contributed by atoms with E-state index in [2.05, 4.69) is 5.32 Å². The average Bonchev–Trinajstić information content (AvgIpc) is 3.46. The minimum absolute atomic E-state index is 0.101. The van der Waals surface area contributed by atoms with Gasteiger partial charge >= 0.3 is 5.97 Å². The van der Waals surface area contributed by atoms with Gasteiger partial charge in [-0.3, -0.25) is 4.79 Å². The van der Waals surface area contributed by atoms with Gasteiger partial charge in [0.2, 0.25) is 11.4 Å². The summed E-state index contributed by atoms with van der Waals surface area (Å²) in [5.74, 6) is 1.07. The molecule has 0 saturated heterocycles. The van der Waals surface area contributed by atoms with Crippen LogP contribution < -0.4 is 19.5 Å². The van der Waals surface area contributed by atoms with E-state index in [0.29, 0.717) is 48.8 Å². The van der Waals surface area contributed by atoms with Gasteiger partial charge in [0.1, 0.15) is 0 Å². The van der Waals surface area contributed by atoms with E-state index in [-0.39, 0.29) is 17.8 Å². The molecule has 7 nitrogen and oxygen atoms in total. The van der Waals surface area contributed by atoms with Gasteiger partial charge in [-0.2, -0.15) is 0 Å². The summed E-state index contributed by atoms with van der Waals surface area (Å²) in [5, 5.41) is 2.86. The van der Waals surface area contributed by atoms with Crippen LogP contribution in [-0.2, 0) is 16.1 Å². The molecule has 1 heterocycles. The van der Waals surface area contributed by atoms with E-state index in [1.165, 1.54) is 7.11 Å². The van der Waals surface area contributed by atoms with E-state index in [0.717, 1.165) is 16.7 Å². The molecule has 7 heteroatoms. The Kier molecular flexibility index (Phi) is 5.52. The quantitative estimate of drug-likeness (QED) is 0.649. The van der Waals surface area contributed by atoms with Crippen LogP contribution in [0.2, 0.25) is 0 Å². The average molecular weight is 425 g/mol. The van der Waals surface area contributed by atoms with E-state index >= 15 is 0 Å². The van der Waals surface area contributed by atoms with E-state index in [4.69, 9.17) is 18.9 Å². The Bertz CT molecular complexity index is 1020. The first-order valence-electron chi connectivity index (χ1n) is 10.4. The van der Waals surface area contributed by atoms with Crippen molar-refractivity contribution in [3.8, 4) is 28.4 Å². The lowest BCUT2D eigenvalue weighted by atomic mass is 9.95. The minimum atomic E-state index is -1.03. The number of carbonyl (C=O) groups is 2. The lowest BCUT2D eigenvalue weighted by Gasteiger charge is -2.23. The molecule has 2 aromatic carbocycles. The van der Waals surface area contributed by atoms with Gasteiger partial charge in [-0.1, -0.05) is 26.0 Å². The molecule has 0 spiro atoms. The van der Waals surface area contributed by atoms with Crippen molar-refractivity contribution in [2.45, 2.75) is 38.8 Å². The Morgan fingerprint density at radius 1 is 1.03 bits per heavy atom. The maximum Gasteiger partial charge on any atom is 0.350 e. The zero-order valence-corrected chi connectivity index (χ0v) is 18.2. The Morgan fingerprint density at radius 3 is 2.42 bits per heavy atom. The maximum atomic E-state index is 12.8. The number of rotatable bonds is 8. The molecule has 1 N–H and O–H groups in total. The fraction of sp³-hybridized carbons (Fsp3) is 0.417. The topological polar surface area (TPSA) is 83.1 Å². The number of methoxy groups -OCH3 is 2. The second-order valence-electron chi connectivity index (χ2n) is 8.28. The highest BCUT2D eigenvalue weighted by molar-refractivity contribution is 6.01. The molecule has 1 fully saturated rings. The Balaban J connectivity index is 1.79. The number of amides is 1. The van der Waals surface area contributed by atoms with Crippen molar-refractivity contribution >= 4 is 11.9 Å². The van der Waals surface area contributed by atoms with Crippen LogP contribution in [0.15, 0.2) is 30.3 Å². The maximum absolute atomic E-state index is 12.8. The van der Waals surface area contributed by atoms with Gasteiger partial charge < -0.3 is 24.3 Å². The van der Waals surface area contributed by atoms with Crippen LogP contribution in [0.25, 0.3) is 11.1 Å². The van der Waals surface area contributed by atoms with E-state index in [1.807, 2.05) is 32.0 Å². The molecule has 4 rings (SSSR count). The summed E-state index contributed by atoms with van der Waals surface area (Å²) in [6.07, 6.45) is 1.13. The zero-order valence-electron chi connectivity index (χ0n) is 18.2. The van der Waals surface area contributed by atoms with Crippen LogP contribution in [0.1, 0.15) is 42.6 Å². The van der Waals surface area contributed by atoms with Gasteiger partial charge in [0.15, 0.2) is 11.5 Å². The standard InChI is InChI=1S/C24H27NO6/c1-14(2)13-30-23(27)24(10-11-24)31-20-16(8-9-19(28-3)21(20)29-4)15-6-5-7-17-18(15)12-25-22(17)26/h5-9,14H,10-13H2,1-4H3,(H,25,26). The molecule has 0 radical (unpaired) electrons. The number of fused-ring (bicyclic) bond motifs is 1. The van der Waals surface area contributed by atoms with Crippen LogP contribution >= 0.6 is 0 Å². The van der Waals surface area contributed by atoms with Gasteiger partial charge in [-0.15, -0.1) is 0 Å². The molecule has 164 valence electrons. The van der Waals surface area contributed by atoms with Crippen molar-refractivity contribution in [2.75, 3.05) is 20.8 Å². The van der Waals surface area contributed by atoms with Crippen LogP contribution in [0.5, 0.6) is 17.2 Å². The fourth-order valence-corrected chi connectivity index (χ4v) is 3.75. The van der Waals surface area contributed by atoms with Crippen molar-refractivity contribution < 1.29 is 28.5 Å². The first kappa shape index (κ1) is 21.0. The molecule has 1 amide bonds. The van der Waals surface area contributed by atoms with E-state index in [9.17, 15) is 9.59 Å². The third-order valence-electron chi connectivity index (χ3n) is 5.56. The lowest BCUT2D eigenvalue weighted by molar-refractivity contribution is -0.155. The van der Waals surface area contributed by atoms with Crippen molar-refractivity contribution in [3.05, 3.63) is 41.5 Å². The van der Waals surface area contributed by atoms with Gasteiger partial charge in [0, 0.05) is 30.5 Å². The molecule has 1 aliphatic heterocycles. The molecule has 2 aromatic rings. The molecule has 2 aliphatic rings. The molecule has 0 atom stereocenters. The van der Waals surface area contributed by atoms with Crippen LogP contribution in [-0.4, -0.2) is 38.3 Å². The molecule has 1 aliphatic carbocycles. The highest BCUT2D eigenvalue weighted by Gasteiger charge is 2.55. The Morgan fingerprint density at radius 2 is 1.77 bits per heavy atom. The minimum Gasteiger partial charge on any atom is -0.493 e. The number of hydrogen-bond donors (Lipinski definition) is 1. The zero-order chi connectivity index (χ0) is 22.2. The van der Waals surface area contributed by atoms with Crippen LogP contribution in [0, 0.1) is 5.92 Å². The summed E-state index contributed by atoms with van der Waals surface area (Å²) >= 11 is 0. The first-order chi connectivity index (χ1) is 14.9. The summed E-state index contributed by atoms with van der Waals surface area (Å²) in [4.78, 5) is 25.0. The molecule has 31 heavy (non-hydrogen) atoms. The second kappa shape index (κ2) is 8.13. The molecule has 0 aromatic heterocycles. The SMILES string of the molecule is COc1ccc(-c2cccc3c2CNC3=O)c(OC2(C(=O)OCC(C)C)CC2)c1OC. The smallest absolute Gasteiger partial charge is 0.350 e.